The lowest BCUT2D eigenvalue weighted by Crippen LogP contribution is -2.23. The Morgan fingerprint density at radius 2 is 2.00 bits per heavy atom. The summed E-state index contributed by atoms with van der Waals surface area (Å²) in [5.74, 6) is 0.410. The third kappa shape index (κ3) is 5.54. The van der Waals surface area contributed by atoms with Gasteiger partial charge in [-0.1, -0.05) is 12.1 Å². The topological polar surface area (TPSA) is 108 Å². The van der Waals surface area contributed by atoms with Crippen LogP contribution in [-0.4, -0.2) is 33.6 Å². The molecular formula is C19H21BrN2O5S. The van der Waals surface area contributed by atoms with E-state index in [9.17, 15) is 13.2 Å². The molecule has 0 aliphatic carbocycles. The molecule has 0 bridgehead atoms. The molecule has 28 heavy (non-hydrogen) atoms. The minimum absolute atomic E-state index is 0.0325. The summed E-state index contributed by atoms with van der Waals surface area (Å²) >= 11 is 3.43. The maximum absolute atomic E-state index is 12.4. The number of nitrogens with one attached hydrogen (secondary N) is 1. The maximum atomic E-state index is 12.4. The number of carbonyl (C=O) groups excluding carboxylic acids is 1. The van der Waals surface area contributed by atoms with Crippen molar-refractivity contribution >= 4 is 31.9 Å². The van der Waals surface area contributed by atoms with Crippen LogP contribution in [0.4, 0.5) is 0 Å². The lowest BCUT2D eigenvalue weighted by atomic mass is 10.2. The molecule has 1 unspecified atom stereocenters. The van der Waals surface area contributed by atoms with Crippen molar-refractivity contribution in [3.8, 4) is 5.75 Å². The number of sulfonamides is 1. The zero-order valence-corrected chi connectivity index (χ0v) is 17.5. The number of hydrogen-bond donors (Lipinski definition) is 2. The summed E-state index contributed by atoms with van der Waals surface area (Å²) < 4.78 is 34.5. The Hall–Kier alpha value is -1.94. The summed E-state index contributed by atoms with van der Waals surface area (Å²) in [6, 6.07) is 11.2. The number of nitrogens with two attached hydrogens (primary N) is 1. The van der Waals surface area contributed by atoms with Gasteiger partial charge in [0.25, 0.3) is 5.91 Å². The van der Waals surface area contributed by atoms with Crippen LogP contribution in [0.3, 0.4) is 0 Å². The first kappa shape index (κ1) is 20.8. The van der Waals surface area contributed by atoms with E-state index in [-0.39, 0.29) is 23.5 Å². The van der Waals surface area contributed by atoms with Gasteiger partial charge in [-0.3, -0.25) is 4.79 Å². The fourth-order valence-corrected chi connectivity index (χ4v) is 3.81. The van der Waals surface area contributed by atoms with Crippen LogP contribution in [0.15, 0.2) is 51.8 Å². The van der Waals surface area contributed by atoms with E-state index in [2.05, 4.69) is 21.2 Å². The molecule has 1 amide bonds. The Morgan fingerprint density at radius 3 is 2.61 bits per heavy atom. The van der Waals surface area contributed by atoms with Gasteiger partial charge in [-0.05, 0) is 64.7 Å². The van der Waals surface area contributed by atoms with Gasteiger partial charge in [0.1, 0.15) is 12.4 Å². The molecule has 0 saturated carbocycles. The molecule has 7 nitrogen and oxygen atoms in total. The van der Waals surface area contributed by atoms with Gasteiger partial charge in [0, 0.05) is 18.7 Å². The highest BCUT2D eigenvalue weighted by Gasteiger charge is 2.17. The summed E-state index contributed by atoms with van der Waals surface area (Å²) in [5.41, 5.74) is 1.24. The molecule has 0 aromatic heterocycles. The molecule has 0 radical (unpaired) electrons. The highest BCUT2D eigenvalue weighted by atomic mass is 79.9. The van der Waals surface area contributed by atoms with Gasteiger partial charge in [-0.2, -0.15) is 0 Å². The predicted molar refractivity (Wildman–Crippen MR) is 108 cm³/mol. The third-order valence-corrected chi connectivity index (χ3v) is 5.90. The molecule has 0 spiro atoms. The molecule has 1 saturated heterocycles. The average molecular weight is 469 g/mol. The zero-order chi connectivity index (χ0) is 20.1. The zero-order valence-electron chi connectivity index (χ0n) is 15.1. The Kier molecular flexibility index (Phi) is 6.71. The fourth-order valence-electron chi connectivity index (χ4n) is 2.80. The molecular weight excluding hydrogens is 448 g/mol. The van der Waals surface area contributed by atoms with Gasteiger partial charge in [0.15, 0.2) is 0 Å². The van der Waals surface area contributed by atoms with Crippen molar-refractivity contribution in [2.75, 3.05) is 13.2 Å². The van der Waals surface area contributed by atoms with Gasteiger partial charge in [-0.15, -0.1) is 0 Å². The second-order valence-corrected chi connectivity index (χ2v) is 8.88. The summed E-state index contributed by atoms with van der Waals surface area (Å²) in [5, 5.41) is 7.86. The SMILES string of the molecule is NS(=O)(=O)c1ccc(CNC(=O)c2ccc(OCC3CCCO3)c(Br)c2)cc1. The number of hydrogen-bond acceptors (Lipinski definition) is 5. The first-order valence-corrected chi connectivity index (χ1v) is 11.1. The minimum Gasteiger partial charge on any atom is -0.490 e. The maximum Gasteiger partial charge on any atom is 0.251 e. The largest absolute Gasteiger partial charge is 0.490 e. The van der Waals surface area contributed by atoms with Crippen molar-refractivity contribution in [3.63, 3.8) is 0 Å². The number of benzene rings is 2. The third-order valence-electron chi connectivity index (χ3n) is 4.35. The van der Waals surface area contributed by atoms with E-state index in [4.69, 9.17) is 14.6 Å². The molecule has 1 heterocycles. The van der Waals surface area contributed by atoms with Crippen molar-refractivity contribution in [2.24, 2.45) is 5.14 Å². The van der Waals surface area contributed by atoms with Crippen molar-refractivity contribution < 1.29 is 22.7 Å². The van der Waals surface area contributed by atoms with Gasteiger partial charge in [0.2, 0.25) is 10.0 Å². The lowest BCUT2D eigenvalue weighted by molar-refractivity contribution is 0.0677. The second kappa shape index (κ2) is 9.04. The Bertz CT molecular complexity index is 941. The normalized spacial score (nSPS) is 16.7. The van der Waals surface area contributed by atoms with Crippen LogP contribution < -0.4 is 15.2 Å². The second-order valence-electron chi connectivity index (χ2n) is 6.46. The van der Waals surface area contributed by atoms with E-state index in [1.165, 1.54) is 12.1 Å². The smallest absolute Gasteiger partial charge is 0.251 e. The van der Waals surface area contributed by atoms with E-state index in [1.54, 1.807) is 30.3 Å². The standard InChI is InChI=1S/C19H21BrN2O5S/c20-17-10-14(5-8-18(17)27-12-15-2-1-9-26-15)19(23)22-11-13-3-6-16(7-4-13)28(21,24)25/h3-8,10,15H,1-2,9,11-12H2,(H,22,23)(H2,21,24,25). The highest BCUT2D eigenvalue weighted by molar-refractivity contribution is 9.10. The van der Waals surface area contributed by atoms with Gasteiger partial charge >= 0.3 is 0 Å². The number of ether oxygens (including phenoxy) is 2. The number of rotatable bonds is 7. The summed E-state index contributed by atoms with van der Waals surface area (Å²) in [6.45, 7) is 1.52. The molecule has 9 heteroatoms. The average Bonchev–Trinajstić information content (AvgIpc) is 3.18. The number of amides is 1. The van der Waals surface area contributed by atoms with E-state index in [1.807, 2.05) is 0 Å². The Morgan fingerprint density at radius 1 is 1.25 bits per heavy atom. The van der Waals surface area contributed by atoms with Crippen LogP contribution in [-0.2, 0) is 21.3 Å². The quantitative estimate of drug-likeness (QED) is 0.648. The van der Waals surface area contributed by atoms with E-state index in [0.29, 0.717) is 22.4 Å². The monoisotopic (exact) mass is 468 g/mol. The molecule has 1 atom stereocenters. The van der Waals surface area contributed by atoms with Gasteiger partial charge in [0.05, 0.1) is 15.5 Å². The van der Waals surface area contributed by atoms with Crippen LogP contribution >= 0.6 is 15.9 Å². The highest BCUT2D eigenvalue weighted by Crippen LogP contribution is 2.27. The van der Waals surface area contributed by atoms with Crippen LogP contribution in [0.5, 0.6) is 5.75 Å². The fraction of sp³-hybridized carbons (Fsp3) is 0.316. The molecule has 3 rings (SSSR count). The molecule has 2 aromatic rings. The number of primary sulfonamides is 1. The van der Waals surface area contributed by atoms with Crippen molar-refractivity contribution in [2.45, 2.75) is 30.4 Å². The van der Waals surface area contributed by atoms with E-state index < -0.39 is 10.0 Å². The molecule has 2 aromatic carbocycles. The van der Waals surface area contributed by atoms with Crippen LogP contribution in [0.1, 0.15) is 28.8 Å². The Balaban J connectivity index is 1.55. The van der Waals surface area contributed by atoms with Gasteiger partial charge < -0.3 is 14.8 Å². The van der Waals surface area contributed by atoms with Crippen molar-refractivity contribution in [1.82, 2.24) is 5.32 Å². The van der Waals surface area contributed by atoms with Gasteiger partial charge in [-0.25, -0.2) is 13.6 Å². The van der Waals surface area contributed by atoms with Crippen LogP contribution in [0.25, 0.3) is 0 Å². The predicted octanol–water partition coefficient (Wildman–Crippen LogP) is 2.58. The summed E-state index contributed by atoms with van der Waals surface area (Å²) in [4.78, 5) is 12.4. The first-order chi connectivity index (χ1) is 13.3. The number of carbonyl (C=O) groups is 1. The molecule has 3 N–H and O–H groups in total. The molecule has 1 fully saturated rings. The van der Waals surface area contributed by atoms with E-state index in [0.717, 1.165) is 25.0 Å². The minimum atomic E-state index is -3.73. The lowest BCUT2D eigenvalue weighted by Gasteiger charge is -2.13. The molecule has 150 valence electrons. The summed E-state index contributed by atoms with van der Waals surface area (Å²) in [6.07, 6.45) is 2.17. The molecule has 1 aliphatic rings. The first-order valence-electron chi connectivity index (χ1n) is 8.77. The van der Waals surface area contributed by atoms with Crippen molar-refractivity contribution in [3.05, 3.63) is 58.1 Å². The molecule has 1 aliphatic heterocycles. The Labute approximate surface area is 172 Å². The summed E-state index contributed by atoms with van der Waals surface area (Å²) in [7, 11) is -3.73. The van der Waals surface area contributed by atoms with Crippen molar-refractivity contribution in [1.29, 1.82) is 0 Å². The van der Waals surface area contributed by atoms with Crippen LogP contribution in [0.2, 0.25) is 0 Å². The number of halogens is 1. The van der Waals surface area contributed by atoms with E-state index >= 15 is 0 Å². The van der Waals surface area contributed by atoms with Crippen LogP contribution in [0, 0.1) is 0 Å².